The quantitative estimate of drug-likeness (QED) is 0.687. The van der Waals surface area contributed by atoms with Gasteiger partial charge in [-0.1, -0.05) is 39.3 Å². The van der Waals surface area contributed by atoms with E-state index in [4.69, 9.17) is 11.6 Å². The molecule has 0 amide bonds. The Kier molecular flexibility index (Phi) is 3.94. The van der Waals surface area contributed by atoms with Crippen molar-refractivity contribution in [3.05, 3.63) is 0 Å². The van der Waals surface area contributed by atoms with Crippen molar-refractivity contribution in [1.82, 2.24) is 0 Å². The summed E-state index contributed by atoms with van der Waals surface area (Å²) < 4.78 is 21.1. The summed E-state index contributed by atoms with van der Waals surface area (Å²) in [6, 6.07) is 0. The Morgan fingerprint density at radius 3 is 2.00 bits per heavy atom. The van der Waals surface area contributed by atoms with E-state index < -0.39 is 25.7 Å². The van der Waals surface area contributed by atoms with E-state index in [0.29, 0.717) is 0 Å². The van der Waals surface area contributed by atoms with Crippen LogP contribution in [-0.4, -0.2) is 24.7 Å². The van der Waals surface area contributed by atoms with Crippen LogP contribution in [0, 0.1) is 5.41 Å². The second kappa shape index (κ2) is 3.96. The number of carbonyl (C=O) groups excluding carboxylic acids is 1. The van der Waals surface area contributed by atoms with Crippen molar-refractivity contribution in [1.29, 1.82) is 0 Å². The molecule has 0 aliphatic heterocycles. The van der Waals surface area contributed by atoms with Crippen LogP contribution >= 0.6 is 11.6 Å². The molecule has 0 aromatic rings. The van der Waals surface area contributed by atoms with Gasteiger partial charge in [0.25, 0.3) is 0 Å². The van der Waals surface area contributed by atoms with Gasteiger partial charge in [-0.2, -0.15) is 0 Å². The highest BCUT2D eigenvalue weighted by atomic mass is 35.5. The maximum absolute atomic E-state index is 11.5. The van der Waals surface area contributed by atoms with Gasteiger partial charge in [-0.3, -0.25) is 4.79 Å². The number of halogens is 1. The summed E-state index contributed by atoms with van der Waals surface area (Å²) >= 11 is 5.57. The summed E-state index contributed by atoms with van der Waals surface area (Å²) in [5.74, 6) is -0.556. The maximum atomic E-state index is 11.5. The van der Waals surface area contributed by atoms with Crippen LogP contribution < -0.4 is 0 Å². The molecule has 0 spiro atoms. The molecule has 0 aliphatic rings. The lowest BCUT2D eigenvalue weighted by molar-refractivity contribution is -0.124. The molecule has 5 heteroatoms. The Bertz CT molecular complexity index is 287. The third kappa shape index (κ3) is 3.27. The van der Waals surface area contributed by atoms with E-state index >= 15 is 0 Å². The fraction of sp³-hybridized carbons (Fsp3) is 0.875. The first-order valence-electron chi connectivity index (χ1n) is 4.03. The molecule has 1 atom stereocenters. The van der Waals surface area contributed by atoms with Gasteiger partial charge in [-0.05, 0) is 0 Å². The minimum Gasteiger partial charge on any atom is -0.296 e. The van der Waals surface area contributed by atoms with Crippen LogP contribution in [0.2, 0.25) is 0 Å². The van der Waals surface area contributed by atoms with Crippen molar-refractivity contribution in [2.24, 2.45) is 5.41 Å². The van der Waals surface area contributed by atoms with Crippen LogP contribution in [0.25, 0.3) is 0 Å². The van der Waals surface area contributed by atoms with Gasteiger partial charge in [0, 0.05) is 11.2 Å². The van der Waals surface area contributed by atoms with Crippen LogP contribution in [0.1, 0.15) is 27.7 Å². The van der Waals surface area contributed by atoms with Crippen molar-refractivity contribution >= 4 is 27.2 Å². The van der Waals surface area contributed by atoms with E-state index in [1.165, 1.54) is 6.92 Å². The molecule has 0 fully saturated rings. The SMILES string of the molecule is CCS(=O)(=O)C(Cl)C(=O)C(C)(C)C. The number of Topliss-reactive ketones (excluding diaryl/α,β-unsaturated/α-hetero) is 1. The third-order valence-corrected chi connectivity index (χ3v) is 4.32. The topological polar surface area (TPSA) is 51.2 Å². The smallest absolute Gasteiger partial charge is 0.193 e. The zero-order chi connectivity index (χ0) is 10.9. The molecule has 1 unspecified atom stereocenters. The van der Waals surface area contributed by atoms with Crippen molar-refractivity contribution in [3.63, 3.8) is 0 Å². The maximum Gasteiger partial charge on any atom is 0.193 e. The number of ketones is 1. The van der Waals surface area contributed by atoms with Crippen molar-refractivity contribution in [2.45, 2.75) is 32.4 Å². The van der Waals surface area contributed by atoms with E-state index in [2.05, 4.69) is 0 Å². The second-order valence-corrected chi connectivity index (χ2v) is 6.95. The monoisotopic (exact) mass is 226 g/mol. The van der Waals surface area contributed by atoms with Gasteiger partial charge in [0.05, 0.1) is 0 Å². The normalized spacial score (nSPS) is 15.5. The number of hydrogen-bond acceptors (Lipinski definition) is 3. The Balaban J connectivity index is 4.84. The third-order valence-electron chi connectivity index (χ3n) is 1.66. The van der Waals surface area contributed by atoms with Crippen molar-refractivity contribution in [2.75, 3.05) is 5.75 Å². The minimum absolute atomic E-state index is 0.108. The number of hydrogen-bond donors (Lipinski definition) is 0. The molecule has 78 valence electrons. The first kappa shape index (κ1) is 12.9. The van der Waals surface area contributed by atoms with Crippen LogP contribution in [0.4, 0.5) is 0 Å². The lowest BCUT2D eigenvalue weighted by atomic mass is 9.92. The average molecular weight is 227 g/mol. The molecule has 0 N–H and O–H groups in total. The predicted octanol–water partition coefficient (Wildman–Crippen LogP) is 1.60. The van der Waals surface area contributed by atoms with Gasteiger partial charge < -0.3 is 0 Å². The van der Waals surface area contributed by atoms with Crippen LogP contribution in [0.5, 0.6) is 0 Å². The summed E-state index contributed by atoms with van der Waals surface area (Å²) in [5.41, 5.74) is -0.714. The summed E-state index contributed by atoms with van der Waals surface area (Å²) in [4.78, 5) is 11.5. The van der Waals surface area contributed by atoms with Crippen molar-refractivity contribution in [3.8, 4) is 0 Å². The fourth-order valence-electron chi connectivity index (χ4n) is 0.650. The zero-order valence-electron chi connectivity index (χ0n) is 8.30. The van der Waals surface area contributed by atoms with Crippen LogP contribution in [0.3, 0.4) is 0 Å². The van der Waals surface area contributed by atoms with Gasteiger partial charge in [0.1, 0.15) is 0 Å². The number of carbonyl (C=O) groups is 1. The minimum atomic E-state index is -3.46. The highest BCUT2D eigenvalue weighted by Gasteiger charge is 2.35. The predicted molar refractivity (Wildman–Crippen MR) is 53.6 cm³/mol. The molecule has 0 aromatic heterocycles. The number of rotatable bonds is 3. The molecule has 3 nitrogen and oxygen atoms in total. The zero-order valence-corrected chi connectivity index (χ0v) is 9.87. The molecule has 0 saturated carbocycles. The Hall–Kier alpha value is -0.0900. The van der Waals surface area contributed by atoms with Crippen LogP contribution in [0.15, 0.2) is 0 Å². The molecular weight excluding hydrogens is 212 g/mol. The van der Waals surface area contributed by atoms with Gasteiger partial charge in [0.15, 0.2) is 20.3 Å². The number of alkyl halides is 1. The molecule has 0 radical (unpaired) electrons. The van der Waals surface area contributed by atoms with Gasteiger partial charge in [0.2, 0.25) is 0 Å². The lowest BCUT2D eigenvalue weighted by Crippen LogP contribution is -2.35. The molecule has 0 heterocycles. The fourth-order valence-corrected chi connectivity index (χ4v) is 2.33. The van der Waals surface area contributed by atoms with Gasteiger partial charge >= 0.3 is 0 Å². The Labute approximate surface area is 84.4 Å². The van der Waals surface area contributed by atoms with E-state index in [1.807, 2.05) is 0 Å². The first-order chi connectivity index (χ1) is 5.63. The second-order valence-electron chi connectivity index (χ2n) is 3.88. The van der Waals surface area contributed by atoms with Gasteiger partial charge in [-0.15, -0.1) is 0 Å². The van der Waals surface area contributed by atoms with Crippen molar-refractivity contribution < 1.29 is 13.2 Å². The van der Waals surface area contributed by atoms with E-state index in [0.717, 1.165) is 0 Å². The summed E-state index contributed by atoms with van der Waals surface area (Å²) in [7, 11) is -3.46. The van der Waals surface area contributed by atoms with Crippen LogP contribution in [-0.2, 0) is 14.6 Å². The molecule has 0 rings (SSSR count). The molecule has 0 aliphatic carbocycles. The molecular formula is C8H15ClO3S. The Morgan fingerprint density at radius 2 is 1.77 bits per heavy atom. The molecule has 0 aromatic carbocycles. The Morgan fingerprint density at radius 1 is 1.38 bits per heavy atom. The van der Waals surface area contributed by atoms with Gasteiger partial charge in [-0.25, -0.2) is 8.42 Å². The lowest BCUT2D eigenvalue weighted by Gasteiger charge is -2.19. The van der Waals surface area contributed by atoms with E-state index in [9.17, 15) is 13.2 Å². The van der Waals surface area contributed by atoms with E-state index in [1.54, 1.807) is 20.8 Å². The van der Waals surface area contributed by atoms with E-state index in [-0.39, 0.29) is 5.75 Å². The average Bonchev–Trinajstić information content (AvgIpc) is 2.00. The summed E-state index contributed by atoms with van der Waals surface area (Å²) in [6.07, 6.45) is 0. The molecule has 13 heavy (non-hydrogen) atoms. The largest absolute Gasteiger partial charge is 0.296 e. The first-order valence-corrected chi connectivity index (χ1v) is 6.18. The molecule has 0 saturated heterocycles. The summed E-state index contributed by atoms with van der Waals surface area (Å²) in [6.45, 7) is 6.42. The molecule has 0 bridgehead atoms. The highest BCUT2D eigenvalue weighted by Crippen LogP contribution is 2.23. The number of sulfone groups is 1. The standard InChI is InChI=1S/C8H15ClO3S/c1-5-13(11,12)7(9)6(10)8(2,3)4/h7H,5H2,1-4H3. The highest BCUT2D eigenvalue weighted by molar-refractivity contribution is 7.94. The summed E-state index contributed by atoms with van der Waals surface area (Å²) in [5, 5.41) is 0.